The Kier molecular flexibility index (Phi) is 6.39. The topological polar surface area (TPSA) is 192 Å². The maximum absolute atomic E-state index is 11.7. The Labute approximate surface area is 168 Å². The van der Waals surface area contributed by atoms with Gasteiger partial charge in [0.05, 0.1) is 25.6 Å². The van der Waals surface area contributed by atoms with Crippen LogP contribution in [0.5, 0.6) is 0 Å². The van der Waals surface area contributed by atoms with E-state index >= 15 is 0 Å². The van der Waals surface area contributed by atoms with Crippen LogP contribution in [0.4, 0.5) is 5.82 Å². The lowest BCUT2D eigenvalue weighted by molar-refractivity contribution is -0.154. The molecule has 4 atom stereocenters. The number of esters is 1. The number of fused-ring (bicyclic) bond motifs is 1. The Morgan fingerprint density at radius 3 is 2.90 bits per heavy atom. The minimum absolute atomic E-state index is 0.0602. The molecule has 0 spiro atoms. The third-order valence-electron chi connectivity index (χ3n) is 4.09. The van der Waals surface area contributed by atoms with Crippen LogP contribution in [0, 0.1) is 0 Å². The van der Waals surface area contributed by atoms with E-state index in [1.165, 1.54) is 17.8 Å². The number of imidazole rings is 1. The monoisotopic (exact) mass is 451 g/mol. The zero-order valence-corrected chi connectivity index (χ0v) is 16.7. The number of aromatic nitrogens is 4. The highest BCUT2D eigenvalue weighted by atomic mass is 35.5. The van der Waals surface area contributed by atoms with E-state index in [-0.39, 0.29) is 41.9 Å². The minimum atomic E-state index is -4.92. The lowest BCUT2D eigenvalue weighted by atomic mass is 10.2. The molecule has 3 rings (SSSR count). The van der Waals surface area contributed by atoms with Gasteiger partial charge in [-0.3, -0.25) is 9.13 Å². The van der Waals surface area contributed by atoms with Crippen LogP contribution >= 0.6 is 19.2 Å². The van der Waals surface area contributed by atoms with Crippen molar-refractivity contribution in [1.29, 1.82) is 0 Å². The maximum Gasteiger partial charge on any atom is 0.365 e. The average Bonchev–Trinajstić information content (AvgIpc) is 3.17. The van der Waals surface area contributed by atoms with Gasteiger partial charge in [-0.2, -0.15) is 9.97 Å². The van der Waals surface area contributed by atoms with Crippen LogP contribution in [0.1, 0.15) is 19.6 Å². The molecular weight excluding hydrogens is 433 g/mol. The summed E-state index contributed by atoms with van der Waals surface area (Å²) in [5.74, 6) is -3.20. The molecule has 160 valence electrons. The van der Waals surface area contributed by atoms with E-state index in [1.54, 1.807) is 0 Å². The molecular formula is C14H19ClN5O8P. The molecule has 0 amide bonds. The van der Waals surface area contributed by atoms with Gasteiger partial charge in [-0.25, -0.2) is 9.78 Å². The number of nitrogen functional groups attached to an aromatic ring is 1. The molecule has 0 unspecified atom stereocenters. The van der Waals surface area contributed by atoms with Crippen molar-refractivity contribution in [3.8, 4) is 0 Å². The van der Waals surface area contributed by atoms with Crippen LogP contribution in [0.3, 0.4) is 0 Å². The maximum atomic E-state index is 11.7. The Hall–Kier alpha value is -1.86. The Bertz CT molecular complexity index is 951. The SMILES string of the molecule is CCOC(=O)[C@H](OC[C@@H]1C[C@@H](O)[C@H](n2cnc3c(N)nc(Cl)nc32)O1)P(=O)(O)O. The number of hydrogen-bond donors (Lipinski definition) is 4. The summed E-state index contributed by atoms with van der Waals surface area (Å²) < 4.78 is 28.3. The fourth-order valence-corrected chi connectivity index (χ4v) is 3.70. The van der Waals surface area contributed by atoms with E-state index < -0.39 is 37.8 Å². The molecule has 0 aliphatic carbocycles. The third kappa shape index (κ3) is 4.67. The van der Waals surface area contributed by atoms with Crippen LogP contribution in [0.25, 0.3) is 11.2 Å². The summed E-state index contributed by atoms with van der Waals surface area (Å²) >= 11 is 5.82. The molecule has 2 aromatic rings. The van der Waals surface area contributed by atoms with E-state index in [1.807, 2.05) is 0 Å². The molecule has 0 radical (unpaired) electrons. The van der Waals surface area contributed by atoms with E-state index in [9.17, 15) is 24.3 Å². The highest BCUT2D eigenvalue weighted by molar-refractivity contribution is 7.53. The second-order valence-corrected chi connectivity index (χ2v) is 8.17. The molecule has 15 heteroatoms. The first-order chi connectivity index (χ1) is 13.6. The van der Waals surface area contributed by atoms with Gasteiger partial charge in [-0.1, -0.05) is 0 Å². The van der Waals surface area contributed by atoms with Crippen molar-refractivity contribution >= 4 is 42.1 Å². The number of anilines is 1. The predicted molar refractivity (Wildman–Crippen MR) is 97.7 cm³/mol. The summed E-state index contributed by atoms with van der Waals surface area (Å²) in [6.45, 7) is 1.06. The van der Waals surface area contributed by atoms with Crippen LogP contribution < -0.4 is 5.73 Å². The molecule has 0 bridgehead atoms. The second kappa shape index (κ2) is 8.48. The van der Waals surface area contributed by atoms with Gasteiger partial charge < -0.3 is 34.8 Å². The molecule has 29 heavy (non-hydrogen) atoms. The number of rotatable bonds is 7. The summed E-state index contributed by atoms with van der Waals surface area (Å²) in [7, 11) is -4.92. The molecule has 0 aromatic carbocycles. The van der Waals surface area contributed by atoms with Crippen molar-refractivity contribution in [2.24, 2.45) is 0 Å². The first-order valence-electron chi connectivity index (χ1n) is 8.44. The quantitative estimate of drug-likeness (QED) is 0.246. The van der Waals surface area contributed by atoms with Gasteiger partial charge in [-0.15, -0.1) is 0 Å². The summed E-state index contributed by atoms with van der Waals surface area (Å²) in [6, 6.07) is 0. The predicted octanol–water partition coefficient (Wildman–Crippen LogP) is -0.206. The molecule has 3 heterocycles. The third-order valence-corrected chi connectivity index (χ3v) is 5.23. The highest BCUT2D eigenvalue weighted by Crippen LogP contribution is 2.43. The van der Waals surface area contributed by atoms with Crippen molar-refractivity contribution < 1.29 is 38.5 Å². The molecule has 1 fully saturated rings. The van der Waals surface area contributed by atoms with E-state index in [0.29, 0.717) is 0 Å². The Morgan fingerprint density at radius 1 is 1.52 bits per heavy atom. The first kappa shape index (κ1) is 21.8. The van der Waals surface area contributed by atoms with Gasteiger partial charge in [0.1, 0.15) is 11.6 Å². The molecule has 0 saturated carbocycles. The Balaban J connectivity index is 1.73. The number of carbonyl (C=O) groups excluding carboxylic acids is 1. The van der Waals surface area contributed by atoms with Crippen LogP contribution in [0.15, 0.2) is 6.33 Å². The number of aliphatic hydroxyl groups excluding tert-OH is 1. The summed E-state index contributed by atoms with van der Waals surface area (Å²) in [6.07, 6.45) is -1.32. The fraction of sp³-hybridized carbons (Fsp3) is 0.571. The van der Waals surface area contributed by atoms with Gasteiger partial charge in [-0.05, 0) is 18.5 Å². The van der Waals surface area contributed by atoms with Crippen molar-refractivity contribution in [3.05, 3.63) is 11.6 Å². The normalized spacial score (nSPS) is 23.4. The van der Waals surface area contributed by atoms with E-state index in [0.717, 1.165) is 0 Å². The first-order valence-corrected chi connectivity index (χ1v) is 10.5. The lowest BCUT2D eigenvalue weighted by Crippen LogP contribution is -2.30. The Morgan fingerprint density at radius 2 is 2.24 bits per heavy atom. The van der Waals surface area contributed by atoms with Gasteiger partial charge in [0, 0.05) is 6.42 Å². The minimum Gasteiger partial charge on any atom is -0.464 e. The summed E-state index contributed by atoms with van der Waals surface area (Å²) in [5, 5.41) is 10.3. The number of halogens is 1. The molecule has 2 aromatic heterocycles. The van der Waals surface area contributed by atoms with Crippen molar-refractivity contribution in [2.45, 2.75) is 37.6 Å². The van der Waals surface area contributed by atoms with Crippen LogP contribution in [0.2, 0.25) is 5.28 Å². The molecule has 1 aliphatic rings. The van der Waals surface area contributed by atoms with Gasteiger partial charge in [0.15, 0.2) is 17.7 Å². The molecule has 1 saturated heterocycles. The fourth-order valence-electron chi connectivity index (χ4n) is 2.90. The molecule has 13 nitrogen and oxygen atoms in total. The van der Waals surface area contributed by atoms with Crippen molar-refractivity contribution in [2.75, 3.05) is 18.9 Å². The van der Waals surface area contributed by atoms with Gasteiger partial charge >= 0.3 is 13.6 Å². The van der Waals surface area contributed by atoms with E-state index in [2.05, 4.69) is 19.7 Å². The number of nitrogens with zero attached hydrogens (tertiary/aromatic N) is 4. The molecule has 5 N–H and O–H groups in total. The highest BCUT2D eigenvalue weighted by Gasteiger charge is 2.41. The van der Waals surface area contributed by atoms with Gasteiger partial charge in [0.25, 0.3) is 5.85 Å². The lowest BCUT2D eigenvalue weighted by Gasteiger charge is -2.20. The zero-order chi connectivity index (χ0) is 21.3. The summed E-state index contributed by atoms with van der Waals surface area (Å²) in [5.41, 5.74) is 6.27. The zero-order valence-electron chi connectivity index (χ0n) is 15.1. The average molecular weight is 452 g/mol. The molecule has 1 aliphatic heterocycles. The van der Waals surface area contributed by atoms with Crippen LogP contribution in [-0.2, 0) is 23.6 Å². The van der Waals surface area contributed by atoms with Crippen molar-refractivity contribution in [3.63, 3.8) is 0 Å². The standard InChI is InChI=1S/C14H19ClN5O8P/c1-2-26-12(22)13(29(23,24)25)27-4-6-3-7(21)11(28-6)20-5-17-8-9(16)18-14(15)19-10(8)20/h5-7,11,13,21H,2-4H2,1H3,(H2,16,18,19)(H2,23,24,25)/t6-,7+,11+,13+/m0/s1. The van der Waals surface area contributed by atoms with Gasteiger partial charge in [0.2, 0.25) is 5.28 Å². The van der Waals surface area contributed by atoms with Crippen LogP contribution in [-0.4, -0.2) is 71.6 Å². The number of carbonyl (C=O) groups is 1. The number of nitrogens with two attached hydrogens (primary N) is 1. The van der Waals surface area contributed by atoms with E-state index in [4.69, 9.17) is 26.8 Å². The van der Waals surface area contributed by atoms with Crippen molar-refractivity contribution in [1.82, 2.24) is 19.5 Å². The number of ether oxygens (including phenoxy) is 3. The largest absolute Gasteiger partial charge is 0.464 e. The smallest absolute Gasteiger partial charge is 0.365 e. The number of aliphatic hydroxyl groups is 1. The second-order valence-electron chi connectivity index (χ2n) is 6.18. The summed E-state index contributed by atoms with van der Waals surface area (Å²) in [4.78, 5) is 42.3. The number of hydrogen-bond acceptors (Lipinski definition) is 10.